The van der Waals surface area contributed by atoms with Crippen LogP contribution < -0.4 is 5.32 Å². The van der Waals surface area contributed by atoms with Gasteiger partial charge < -0.3 is 20.0 Å². The third-order valence-electron chi connectivity index (χ3n) is 8.50. The van der Waals surface area contributed by atoms with Crippen LogP contribution in [0.15, 0.2) is 54.6 Å². The molecule has 0 aliphatic carbocycles. The second-order valence-corrected chi connectivity index (χ2v) is 11.2. The van der Waals surface area contributed by atoms with Crippen molar-refractivity contribution in [2.75, 3.05) is 27.2 Å². The van der Waals surface area contributed by atoms with E-state index in [1.807, 2.05) is 49.3 Å². The summed E-state index contributed by atoms with van der Waals surface area (Å²) in [7, 11) is 3.97. The number of nitrogens with one attached hydrogen (secondary N) is 1. The zero-order chi connectivity index (χ0) is 26.9. The highest BCUT2D eigenvalue weighted by molar-refractivity contribution is 5.97. The number of halogens is 1. The highest BCUT2D eigenvalue weighted by Crippen LogP contribution is 2.57. The summed E-state index contributed by atoms with van der Waals surface area (Å²) in [5.41, 5.74) is 1.05. The van der Waals surface area contributed by atoms with E-state index >= 15 is 0 Å². The molecule has 3 heterocycles. The second-order valence-electron chi connectivity index (χ2n) is 11.2. The Labute approximate surface area is 224 Å². The van der Waals surface area contributed by atoms with E-state index < -0.39 is 11.6 Å². The van der Waals surface area contributed by atoms with E-state index in [2.05, 4.69) is 10.2 Å². The van der Waals surface area contributed by atoms with Crippen LogP contribution in [0.25, 0.3) is 0 Å². The average molecular weight is 521 g/mol. The Morgan fingerprint density at radius 2 is 1.82 bits per heavy atom. The maximum Gasteiger partial charge on any atom is 0.245 e. The lowest BCUT2D eigenvalue weighted by Gasteiger charge is -2.40. The van der Waals surface area contributed by atoms with Crippen LogP contribution in [0.3, 0.4) is 0 Å². The van der Waals surface area contributed by atoms with Crippen LogP contribution >= 0.6 is 0 Å². The minimum atomic E-state index is -0.826. The van der Waals surface area contributed by atoms with Crippen molar-refractivity contribution in [1.82, 2.24) is 20.0 Å². The molecule has 2 aromatic carbocycles. The number of likely N-dealkylation sites (tertiary alicyclic amines) is 1. The van der Waals surface area contributed by atoms with Crippen LogP contribution in [0.2, 0.25) is 0 Å². The Morgan fingerprint density at radius 3 is 2.53 bits per heavy atom. The number of hydrogen-bond donors (Lipinski definition) is 1. The smallest absolute Gasteiger partial charge is 0.245 e. The van der Waals surface area contributed by atoms with Gasteiger partial charge in [-0.05, 0) is 76.0 Å². The molecule has 1 N–H and O–H groups in total. The molecule has 3 aliphatic heterocycles. The van der Waals surface area contributed by atoms with Crippen molar-refractivity contribution >= 4 is 17.7 Å². The monoisotopic (exact) mass is 520 g/mol. The van der Waals surface area contributed by atoms with E-state index in [-0.39, 0.29) is 42.0 Å². The molecule has 38 heavy (non-hydrogen) atoms. The maximum absolute atomic E-state index is 13.9. The van der Waals surface area contributed by atoms with Crippen LogP contribution in [-0.2, 0) is 27.3 Å². The van der Waals surface area contributed by atoms with Crippen LogP contribution in [-0.4, -0.2) is 77.2 Å². The van der Waals surface area contributed by atoms with Gasteiger partial charge in [-0.1, -0.05) is 42.5 Å². The van der Waals surface area contributed by atoms with Crippen molar-refractivity contribution < 1.29 is 18.8 Å². The number of rotatable bonds is 10. The molecular weight excluding hydrogens is 483 g/mol. The summed E-state index contributed by atoms with van der Waals surface area (Å²) in [6, 6.07) is 15.2. The maximum atomic E-state index is 13.9. The zero-order valence-corrected chi connectivity index (χ0v) is 22.2. The predicted molar refractivity (Wildman–Crippen MR) is 142 cm³/mol. The van der Waals surface area contributed by atoms with E-state index in [0.717, 1.165) is 30.5 Å². The highest BCUT2D eigenvalue weighted by atomic mass is 19.1. The van der Waals surface area contributed by atoms with Crippen LogP contribution in [0, 0.1) is 11.7 Å². The molecule has 3 amide bonds. The first kappa shape index (κ1) is 26.4. The van der Waals surface area contributed by atoms with Gasteiger partial charge in [0.25, 0.3) is 0 Å². The molecule has 0 radical (unpaired) electrons. The Balaban J connectivity index is 1.42. The largest absolute Gasteiger partial charge is 0.354 e. The van der Waals surface area contributed by atoms with Crippen molar-refractivity contribution in [3.8, 4) is 0 Å². The molecule has 0 aromatic heterocycles. The molecule has 4 atom stereocenters. The van der Waals surface area contributed by atoms with E-state index in [1.165, 1.54) is 12.1 Å². The third-order valence-corrected chi connectivity index (χ3v) is 8.50. The molecule has 0 saturated carbocycles. The molecule has 3 fully saturated rings. The van der Waals surface area contributed by atoms with Gasteiger partial charge in [0.1, 0.15) is 11.9 Å². The fourth-order valence-corrected chi connectivity index (χ4v) is 6.90. The minimum Gasteiger partial charge on any atom is -0.354 e. The molecule has 2 bridgehead atoms. The number of fused-ring (bicyclic) bond motifs is 1. The van der Waals surface area contributed by atoms with Crippen LogP contribution in [0.4, 0.5) is 4.39 Å². The molecule has 7 nitrogen and oxygen atoms in total. The molecule has 1 spiro atoms. The van der Waals surface area contributed by atoms with Crippen molar-refractivity contribution in [1.29, 1.82) is 0 Å². The molecule has 3 aliphatic rings. The van der Waals surface area contributed by atoms with Gasteiger partial charge in [-0.15, -0.1) is 0 Å². The van der Waals surface area contributed by atoms with E-state index in [4.69, 9.17) is 0 Å². The van der Waals surface area contributed by atoms with Gasteiger partial charge in [0.05, 0.1) is 11.5 Å². The van der Waals surface area contributed by atoms with Crippen molar-refractivity contribution in [3.63, 3.8) is 0 Å². The topological polar surface area (TPSA) is 73.0 Å². The molecule has 202 valence electrons. The molecule has 5 rings (SSSR count). The first-order chi connectivity index (χ1) is 18.3. The number of hydrogen-bond acceptors (Lipinski definition) is 4. The van der Waals surface area contributed by atoms with Crippen molar-refractivity contribution in [2.45, 2.75) is 62.7 Å². The molecule has 0 unspecified atom stereocenters. The highest BCUT2D eigenvalue weighted by Gasteiger charge is 2.72. The predicted octanol–water partition coefficient (Wildman–Crippen LogP) is 2.99. The van der Waals surface area contributed by atoms with Gasteiger partial charge >= 0.3 is 0 Å². The zero-order valence-electron chi connectivity index (χ0n) is 22.2. The Hall–Kier alpha value is -3.26. The molecular formula is C30H37FN4O3. The van der Waals surface area contributed by atoms with Crippen LogP contribution in [0.1, 0.15) is 43.2 Å². The SMILES string of the molecule is CN(C)CCCC(=O)N1[C@H]2CC[C@]13[C@H](C2)C(=O)N(Cc1ccc(F)cc1)[C@H]3C(=O)NCCc1ccccc1. The van der Waals surface area contributed by atoms with Gasteiger partial charge in [0, 0.05) is 25.6 Å². The number of nitrogens with zero attached hydrogens (tertiary/aromatic N) is 3. The van der Waals surface area contributed by atoms with Gasteiger partial charge in [-0.2, -0.15) is 0 Å². The van der Waals surface area contributed by atoms with Crippen LogP contribution in [0.5, 0.6) is 0 Å². The van der Waals surface area contributed by atoms with Crippen molar-refractivity contribution in [3.05, 3.63) is 71.5 Å². The summed E-state index contributed by atoms with van der Waals surface area (Å²) in [6.45, 7) is 1.46. The first-order valence-corrected chi connectivity index (χ1v) is 13.6. The Kier molecular flexibility index (Phi) is 7.52. The van der Waals surface area contributed by atoms with Gasteiger partial charge in [0.15, 0.2) is 0 Å². The lowest BCUT2D eigenvalue weighted by molar-refractivity contribution is -0.142. The molecule has 8 heteroatoms. The summed E-state index contributed by atoms with van der Waals surface area (Å²) in [5.74, 6) is -0.988. The summed E-state index contributed by atoms with van der Waals surface area (Å²) in [6.07, 6.45) is 3.86. The Bertz CT molecular complexity index is 1170. The molecule has 2 aromatic rings. The first-order valence-electron chi connectivity index (χ1n) is 13.6. The van der Waals surface area contributed by atoms with E-state index in [0.29, 0.717) is 32.2 Å². The number of carbonyl (C=O) groups excluding carboxylic acids is 3. The number of benzene rings is 2. The fourth-order valence-electron chi connectivity index (χ4n) is 6.90. The van der Waals surface area contributed by atoms with Crippen molar-refractivity contribution in [2.24, 2.45) is 5.92 Å². The standard InChI is InChI=1S/C30H37FN4O3/c1-33(2)18-6-9-26(36)35-24-14-16-30(35)25(19-24)29(38)34(20-22-10-12-23(31)13-11-22)27(30)28(37)32-17-15-21-7-4-3-5-8-21/h3-5,7-8,10-13,24-25,27H,6,9,14-20H2,1-2H3,(H,32,37)/t24-,25+,27-,30+/m0/s1. The third kappa shape index (κ3) is 4.82. The summed E-state index contributed by atoms with van der Waals surface area (Å²) in [5, 5.41) is 3.09. The summed E-state index contributed by atoms with van der Waals surface area (Å²) in [4.78, 5) is 47.0. The Morgan fingerprint density at radius 1 is 1.08 bits per heavy atom. The lowest BCUT2D eigenvalue weighted by Crippen LogP contribution is -2.61. The summed E-state index contributed by atoms with van der Waals surface area (Å²) >= 11 is 0. The normalized spacial score (nSPS) is 25.8. The van der Waals surface area contributed by atoms with E-state index in [9.17, 15) is 18.8 Å². The summed E-state index contributed by atoms with van der Waals surface area (Å²) < 4.78 is 13.6. The minimum absolute atomic E-state index is 0.00314. The second kappa shape index (κ2) is 10.8. The van der Waals surface area contributed by atoms with Gasteiger partial charge in [-0.25, -0.2) is 4.39 Å². The lowest BCUT2D eigenvalue weighted by atomic mass is 9.75. The quantitative estimate of drug-likeness (QED) is 0.523. The van der Waals surface area contributed by atoms with Gasteiger partial charge in [0.2, 0.25) is 17.7 Å². The molecule has 3 saturated heterocycles. The fraction of sp³-hybridized carbons (Fsp3) is 0.500. The van der Waals surface area contributed by atoms with E-state index in [1.54, 1.807) is 17.0 Å². The number of carbonyl (C=O) groups is 3. The average Bonchev–Trinajstić information content (AvgIpc) is 3.50. The number of amides is 3. The van der Waals surface area contributed by atoms with Gasteiger partial charge in [-0.3, -0.25) is 14.4 Å².